The molecule has 2 rings (SSSR count). The van der Waals surface area contributed by atoms with E-state index in [9.17, 15) is 9.59 Å². The highest BCUT2D eigenvalue weighted by Gasteiger charge is 2.17. The molecule has 2 aromatic rings. The summed E-state index contributed by atoms with van der Waals surface area (Å²) in [6, 6.07) is 4.75. The third kappa shape index (κ3) is 3.09. The number of carbonyl (C=O) groups is 2. The first-order valence-electron chi connectivity index (χ1n) is 6.34. The van der Waals surface area contributed by atoms with Gasteiger partial charge in [0, 0.05) is 18.4 Å². The number of hydrogen-bond donors (Lipinski definition) is 2. The second-order valence-corrected chi connectivity index (χ2v) is 4.41. The summed E-state index contributed by atoms with van der Waals surface area (Å²) in [7, 11) is 0. The van der Waals surface area contributed by atoms with E-state index < -0.39 is 12.0 Å². The maximum absolute atomic E-state index is 12.2. The smallest absolute Gasteiger partial charge is 0.305 e. The Morgan fingerprint density at radius 2 is 2.05 bits per heavy atom. The van der Waals surface area contributed by atoms with Gasteiger partial charge in [-0.25, -0.2) is 0 Å². The number of carbonyl (C=O) groups excluding carboxylic acids is 1. The van der Waals surface area contributed by atoms with Crippen LogP contribution in [-0.4, -0.2) is 33.0 Å². The van der Waals surface area contributed by atoms with Crippen molar-refractivity contribution in [2.24, 2.45) is 0 Å². The molecule has 104 valence electrons. The van der Waals surface area contributed by atoms with Gasteiger partial charge in [-0.05, 0) is 18.6 Å². The van der Waals surface area contributed by atoms with Crippen LogP contribution in [0.3, 0.4) is 0 Å². The van der Waals surface area contributed by atoms with E-state index in [1.165, 1.54) is 6.20 Å². The molecule has 0 saturated carbocycles. The minimum absolute atomic E-state index is 0.0985. The van der Waals surface area contributed by atoms with Crippen LogP contribution in [0.1, 0.15) is 30.1 Å². The van der Waals surface area contributed by atoms with Gasteiger partial charge in [-0.3, -0.25) is 19.6 Å². The quantitative estimate of drug-likeness (QED) is 0.863. The van der Waals surface area contributed by atoms with Crippen molar-refractivity contribution in [2.45, 2.75) is 25.8 Å². The Bertz CT molecular complexity index is 637. The molecule has 0 aliphatic rings. The predicted octanol–water partition coefficient (Wildman–Crippen LogP) is 1.61. The van der Waals surface area contributed by atoms with E-state index >= 15 is 0 Å². The number of fused-ring (bicyclic) bond motifs is 1. The van der Waals surface area contributed by atoms with E-state index in [0.717, 1.165) is 0 Å². The molecule has 0 spiro atoms. The summed E-state index contributed by atoms with van der Waals surface area (Å²) in [4.78, 5) is 31.3. The fourth-order valence-electron chi connectivity index (χ4n) is 1.95. The second-order valence-electron chi connectivity index (χ2n) is 4.41. The number of nitrogens with zero attached hydrogens (tertiary/aromatic N) is 2. The number of benzene rings is 1. The number of para-hydroxylation sites is 1. The largest absolute Gasteiger partial charge is 0.481 e. The summed E-state index contributed by atoms with van der Waals surface area (Å²) in [5, 5.41) is 11.5. The number of carboxylic acids is 1. The van der Waals surface area contributed by atoms with Gasteiger partial charge in [0.15, 0.2) is 0 Å². The summed E-state index contributed by atoms with van der Waals surface area (Å²) in [5.41, 5.74) is 1.54. The Labute approximate surface area is 115 Å². The normalized spacial score (nSPS) is 12.1. The van der Waals surface area contributed by atoms with Crippen molar-refractivity contribution in [2.75, 3.05) is 0 Å². The van der Waals surface area contributed by atoms with Gasteiger partial charge in [-0.1, -0.05) is 13.0 Å². The Balaban J connectivity index is 2.25. The zero-order valence-electron chi connectivity index (χ0n) is 11.0. The van der Waals surface area contributed by atoms with Gasteiger partial charge in [0.2, 0.25) is 0 Å². The van der Waals surface area contributed by atoms with Gasteiger partial charge in [0.1, 0.15) is 5.52 Å². The molecular formula is C14H15N3O3. The molecule has 0 aliphatic heterocycles. The lowest BCUT2D eigenvalue weighted by molar-refractivity contribution is -0.137. The molecule has 1 amide bonds. The highest BCUT2D eigenvalue weighted by Crippen LogP contribution is 2.14. The number of carboxylic acid groups (broad SMARTS) is 1. The number of amides is 1. The van der Waals surface area contributed by atoms with Crippen molar-refractivity contribution in [3.63, 3.8) is 0 Å². The molecule has 1 atom stereocenters. The summed E-state index contributed by atoms with van der Waals surface area (Å²) in [6.45, 7) is 1.83. The van der Waals surface area contributed by atoms with Gasteiger partial charge in [-0.2, -0.15) is 0 Å². The molecule has 0 fully saturated rings. The minimum atomic E-state index is -0.935. The van der Waals surface area contributed by atoms with Gasteiger partial charge in [0.05, 0.1) is 17.5 Å². The van der Waals surface area contributed by atoms with Crippen LogP contribution in [0.4, 0.5) is 0 Å². The van der Waals surface area contributed by atoms with Crippen molar-refractivity contribution in [3.05, 3.63) is 36.2 Å². The second kappa shape index (κ2) is 6.10. The lowest BCUT2D eigenvalue weighted by Crippen LogP contribution is -2.36. The van der Waals surface area contributed by atoms with E-state index in [4.69, 9.17) is 5.11 Å². The summed E-state index contributed by atoms with van der Waals surface area (Å²) in [6.07, 6.45) is 3.53. The molecule has 6 heteroatoms. The van der Waals surface area contributed by atoms with E-state index in [1.807, 2.05) is 6.92 Å². The molecule has 20 heavy (non-hydrogen) atoms. The zero-order chi connectivity index (χ0) is 14.5. The van der Waals surface area contributed by atoms with Crippen molar-refractivity contribution in [3.8, 4) is 0 Å². The van der Waals surface area contributed by atoms with Gasteiger partial charge in [-0.15, -0.1) is 0 Å². The monoisotopic (exact) mass is 273 g/mol. The van der Waals surface area contributed by atoms with Crippen LogP contribution in [0.15, 0.2) is 30.6 Å². The lowest BCUT2D eigenvalue weighted by Gasteiger charge is -2.15. The molecule has 6 nitrogen and oxygen atoms in total. The van der Waals surface area contributed by atoms with Crippen LogP contribution in [0.2, 0.25) is 0 Å². The van der Waals surface area contributed by atoms with Crippen molar-refractivity contribution in [1.29, 1.82) is 0 Å². The molecule has 1 unspecified atom stereocenters. The molecule has 0 saturated heterocycles. The predicted molar refractivity (Wildman–Crippen MR) is 73.3 cm³/mol. The standard InChI is InChI=1S/C14H15N3O3/c1-2-9(8-12(18)19)17-14(20)10-4-3-5-11-13(10)16-7-6-15-11/h3-7,9H,2,8H2,1H3,(H,17,20)(H,18,19). The van der Waals surface area contributed by atoms with Gasteiger partial charge < -0.3 is 10.4 Å². The lowest BCUT2D eigenvalue weighted by atomic mass is 10.1. The van der Waals surface area contributed by atoms with E-state index in [0.29, 0.717) is 23.0 Å². The topological polar surface area (TPSA) is 92.2 Å². The average molecular weight is 273 g/mol. The van der Waals surface area contributed by atoms with Gasteiger partial charge >= 0.3 is 5.97 Å². The van der Waals surface area contributed by atoms with Crippen LogP contribution < -0.4 is 5.32 Å². The van der Waals surface area contributed by atoms with Crippen LogP contribution in [0, 0.1) is 0 Å². The number of hydrogen-bond acceptors (Lipinski definition) is 4. The van der Waals surface area contributed by atoms with Crippen LogP contribution >= 0.6 is 0 Å². The maximum Gasteiger partial charge on any atom is 0.305 e. The van der Waals surface area contributed by atoms with E-state index in [1.54, 1.807) is 24.4 Å². The van der Waals surface area contributed by atoms with Gasteiger partial charge in [0.25, 0.3) is 5.91 Å². The van der Waals surface area contributed by atoms with Crippen molar-refractivity contribution < 1.29 is 14.7 Å². The Hall–Kier alpha value is -2.50. The zero-order valence-corrected chi connectivity index (χ0v) is 11.0. The molecule has 0 aliphatic carbocycles. The number of aromatic nitrogens is 2. The van der Waals surface area contributed by atoms with E-state index in [-0.39, 0.29) is 12.3 Å². The number of aliphatic carboxylic acids is 1. The Morgan fingerprint density at radius 3 is 2.75 bits per heavy atom. The third-order valence-electron chi connectivity index (χ3n) is 2.99. The fraction of sp³-hybridized carbons (Fsp3) is 0.286. The van der Waals surface area contributed by atoms with E-state index in [2.05, 4.69) is 15.3 Å². The molecule has 1 aromatic carbocycles. The first-order valence-corrected chi connectivity index (χ1v) is 6.34. The first-order chi connectivity index (χ1) is 9.61. The molecular weight excluding hydrogens is 258 g/mol. The van der Waals surface area contributed by atoms with Crippen molar-refractivity contribution >= 4 is 22.9 Å². The Kier molecular flexibility index (Phi) is 4.24. The third-order valence-corrected chi connectivity index (χ3v) is 2.99. The first kappa shape index (κ1) is 13.9. The molecule has 0 radical (unpaired) electrons. The minimum Gasteiger partial charge on any atom is -0.481 e. The average Bonchev–Trinajstić information content (AvgIpc) is 2.45. The molecule has 2 N–H and O–H groups in total. The van der Waals surface area contributed by atoms with Crippen LogP contribution in [0.5, 0.6) is 0 Å². The summed E-state index contributed by atoms with van der Waals surface area (Å²) < 4.78 is 0. The Morgan fingerprint density at radius 1 is 1.30 bits per heavy atom. The molecule has 0 bridgehead atoms. The summed E-state index contributed by atoms with van der Waals surface area (Å²) in [5.74, 6) is -1.26. The molecule has 1 heterocycles. The SMILES string of the molecule is CCC(CC(=O)O)NC(=O)c1cccc2nccnc12. The highest BCUT2D eigenvalue weighted by molar-refractivity contribution is 6.04. The maximum atomic E-state index is 12.2. The van der Waals surface area contributed by atoms with Crippen LogP contribution in [-0.2, 0) is 4.79 Å². The van der Waals surface area contributed by atoms with Crippen LogP contribution in [0.25, 0.3) is 11.0 Å². The number of rotatable bonds is 5. The highest BCUT2D eigenvalue weighted by atomic mass is 16.4. The summed E-state index contributed by atoms with van der Waals surface area (Å²) >= 11 is 0. The number of nitrogens with one attached hydrogen (secondary N) is 1. The van der Waals surface area contributed by atoms with Crippen molar-refractivity contribution in [1.82, 2.24) is 15.3 Å². The fourth-order valence-corrected chi connectivity index (χ4v) is 1.95. The molecule has 1 aromatic heterocycles.